The molecule has 0 amide bonds. The van der Waals surface area contributed by atoms with Gasteiger partial charge in [-0.2, -0.15) is 0 Å². The highest BCUT2D eigenvalue weighted by molar-refractivity contribution is 5.66. The van der Waals surface area contributed by atoms with E-state index in [2.05, 4.69) is 6.92 Å². The molecule has 1 aromatic rings. The first kappa shape index (κ1) is 24.5. The van der Waals surface area contributed by atoms with Crippen molar-refractivity contribution >= 4 is 5.97 Å². The quantitative estimate of drug-likeness (QED) is 0.371. The molecule has 0 fully saturated rings. The average molecular weight is 366 g/mol. The van der Waals surface area contributed by atoms with Crippen LogP contribution in [0.15, 0.2) is 24.3 Å². The van der Waals surface area contributed by atoms with Crippen LogP contribution in [0.25, 0.3) is 0 Å². The van der Waals surface area contributed by atoms with Gasteiger partial charge in [-0.05, 0) is 37.1 Å². The Bertz CT molecular complexity index is 432. The molecule has 0 saturated carbocycles. The van der Waals surface area contributed by atoms with Gasteiger partial charge in [0.15, 0.2) is 0 Å². The molecule has 0 aliphatic carbocycles. The zero-order valence-electron chi connectivity index (χ0n) is 16.6. The molecule has 0 spiro atoms. The summed E-state index contributed by atoms with van der Waals surface area (Å²) in [6, 6.07) is 7.10. The maximum atomic E-state index is 10.3. The molecule has 1 aromatic carbocycles. The second kappa shape index (κ2) is 18.2. The largest absolute Gasteiger partial charge is 0.508 e. The molecular formula is C22H39NO3. The van der Waals surface area contributed by atoms with E-state index in [1.165, 1.54) is 63.4 Å². The normalized spacial score (nSPS) is 10.2. The van der Waals surface area contributed by atoms with Gasteiger partial charge in [0.2, 0.25) is 0 Å². The van der Waals surface area contributed by atoms with Crippen molar-refractivity contribution in [2.24, 2.45) is 5.73 Å². The van der Waals surface area contributed by atoms with Gasteiger partial charge < -0.3 is 15.9 Å². The first-order valence-electron chi connectivity index (χ1n) is 10.3. The molecule has 0 unspecified atom stereocenters. The topological polar surface area (TPSA) is 83.5 Å². The molecule has 4 heteroatoms. The fourth-order valence-electron chi connectivity index (χ4n) is 2.77. The number of hydrogen-bond acceptors (Lipinski definition) is 3. The van der Waals surface area contributed by atoms with Crippen molar-refractivity contribution in [3.63, 3.8) is 0 Å². The standard InChI is InChI=1S/C14H28O2.C8H11NO/c1-2-3-4-5-6-7-8-9-10-11-12-13-14(15)16;9-6-5-7-1-3-8(10)4-2-7/h2-13H2,1H3,(H,15,16);1-4,10H,5-6,9H2. The smallest absolute Gasteiger partial charge is 0.303 e. The minimum atomic E-state index is -0.657. The molecule has 0 aromatic heterocycles. The molecule has 150 valence electrons. The van der Waals surface area contributed by atoms with Gasteiger partial charge in [-0.15, -0.1) is 0 Å². The van der Waals surface area contributed by atoms with Crippen molar-refractivity contribution < 1.29 is 15.0 Å². The van der Waals surface area contributed by atoms with Crippen molar-refractivity contribution in [1.29, 1.82) is 0 Å². The number of rotatable bonds is 14. The van der Waals surface area contributed by atoms with Crippen LogP contribution in [-0.2, 0) is 11.2 Å². The van der Waals surface area contributed by atoms with Gasteiger partial charge in [0.25, 0.3) is 0 Å². The second-order valence-electron chi connectivity index (χ2n) is 6.88. The maximum Gasteiger partial charge on any atom is 0.303 e. The summed E-state index contributed by atoms with van der Waals surface area (Å²) >= 11 is 0. The van der Waals surface area contributed by atoms with Gasteiger partial charge in [-0.3, -0.25) is 4.79 Å². The van der Waals surface area contributed by atoms with Crippen molar-refractivity contribution in [3.05, 3.63) is 29.8 Å². The Balaban J connectivity index is 0.000000531. The third-order valence-corrected chi connectivity index (χ3v) is 4.36. The zero-order valence-corrected chi connectivity index (χ0v) is 16.6. The second-order valence-corrected chi connectivity index (χ2v) is 6.88. The number of carboxylic acid groups (broad SMARTS) is 1. The lowest BCUT2D eigenvalue weighted by Crippen LogP contribution is -2.01. The summed E-state index contributed by atoms with van der Waals surface area (Å²) in [7, 11) is 0. The first-order valence-corrected chi connectivity index (χ1v) is 10.3. The van der Waals surface area contributed by atoms with Crippen LogP contribution in [0, 0.1) is 0 Å². The lowest BCUT2D eigenvalue weighted by Gasteiger charge is -2.01. The van der Waals surface area contributed by atoms with E-state index in [0.717, 1.165) is 19.3 Å². The fraction of sp³-hybridized carbons (Fsp3) is 0.682. The Morgan fingerprint density at radius 3 is 1.73 bits per heavy atom. The minimum Gasteiger partial charge on any atom is -0.508 e. The lowest BCUT2D eigenvalue weighted by atomic mass is 10.1. The summed E-state index contributed by atoms with van der Waals surface area (Å²) in [5.74, 6) is -0.350. The molecule has 4 nitrogen and oxygen atoms in total. The van der Waals surface area contributed by atoms with Crippen LogP contribution in [0.1, 0.15) is 89.5 Å². The summed E-state index contributed by atoms with van der Waals surface area (Å²) in [6.07, 6.45) is 15.2. The van der Waals surface area contributed by atoms with Crippen LogP contribution in [0.3, 0.4) is 0 Å². The molecule has 0 heterocycles. The summed E-state index contributed by atoms with van der Waals surface area (Å²) in [5.41, 5.74) is 6.50. The van der Waals surface area contributed by atoms with Gasteiger partial charge in [-0.1, -0.05) is 83.3 Å². The number of aliphatic carboxylic acids is 1. The highest BCUT2D eigenvalue weighted by Crippen LogP contribution is 2.12. The van der Waals surface area contributed by atoms with E-state index in [1.807, 2.05) is 12.1 Å². The van der Waals surface area contributed by atoms with Crippen LogP contribution < -0.4 is 5.73 Å². The SMILES string of the molecule is CCCCCCCCCCCCCC(=O)O.NCCc1ccc(O)cc1. The number of carboxylic acids is 1. The van der Waals surface area contributed by atoms with Crippen LogP contribution in [0.2, 0.25) is 0 Å². The molecule has 1 rings (SSSR count). The first-order chi connectivity index (χ1) is 12.6. The molecule has 0 atom stereocenters. The minimum absolute atomic E-state index is 0.306. The maximum absolute atomic E-state index is 10.3. The highest BCUT2D eigenvalue weighted by Gasteiger charge is 1.96. The van der Waals surface area contributed by atoms with E-state index in [4.69, 9.17) is 15.9 Å². The third-order valence-electron chi connectivity index (χ3n) is 4.36. The molecule has 4 N–H and O–H groups in total. The number of phenols is 1. The van der Waals surface area contributed by atoms with Crippen LogP contribution in [0.4, 0.5) is 0 Å². The summed E-state index contributed by atoms with van der Waals surface area (Å²) in [5, 5.41) is 17.4. The van der Waals surface area contributed by atoms with Gasteiger partial charge in [0, 0.05) is 6.42 Å². The Labute approximate surface area is 159 Å². The molecule has 26 heavy (non-hydrogen) atoms. The predicted molar refractivity (Wildman–Crippen MR) is 110 cm³/mol. The van der Waals surface area contributed by atoms with Crippen molar-refractivity contribution in [2.45, 2.75) is 90.4 Å². The third kappa shape index (κ3) is 17.3. The number of hydrogen-bond donors (Lipinski definition) is 3. The summed E-state index contributed by atoms with van der Waals surface area (Å²) in [6.45, 7) is 2.90. The van der Waals surface area contributed by atoms with Crippen molar-refractivity contribution in [1.82, 2.24) is 0 Å². The average Bonchev–Trinajstić information content (AvgIpc) is 2.62. The molecular weight excluding hydrogens is 326 g/mol. The lowest BCUT2D eigenvalue weighted by molar-refractivity contribution is -0.137. The highest BCUT2D eigenvalue weighted by atomic mass is 16.4. The fourth-order valence-corrected chi connectivity index (χ4v) is 2.77. The van der Waals surface area contributed by atoms with Crippen molar-refractivity contribution in [3.8, 4) is 5.75 Å². The van der Waals surface area contributed by atoms with E-state index in [9.17, 15) is 4.79 Å². The Morgan fingerprint density at radius 2 is 1.31 bits per heavy atom. The Morgan fingerprint density at radius 1 is 0.846 bits per heavy atom. The molecule has 0 saturated heterocycles. The van der Waals surface area contributed by atoms with Gasteiger partial charge in [0.1, 0.15) is 5.75 Å². The van der Waals surface area contributed by atoms with Crippen LogP contribution in [-0.4, -0.2) is 22.7 Å². The van der Waals surface area contributed by atoms with Crippen molar-refractivity contribution in [2.75, 3.05) is 6.54 Å². The number of phenolic OH excluding ortho intramolecular Hbond substituents is 1. The predicted octanol–water partition coefficient (Wildman–Crippen LogP) is 5.67. The van der Waals surface area contributed by atoms with Gasteiger partial charge >= 0.3 is 5.97 Å². The Kier molecular flexibility index (Phi) is 17.2. The summed E-state index contributed by atoms with van der Waals surface area (Å²) < 4.78 is 0. The van der Waals surface area contributed by atoms with Crippen LogP contribution in [0.5, 0.6) is 5.75 Å². The molecule has 0 aliphatic heterocycles. The van der Waals surface area contributed by atoms with E-state index >= 15 is 0 Å². The summed E-state index contributed by atoms with van der Waals surface area (Å²) in [4.78, 5) is 10.3. The Hall–Kier alpha value is -1.55. The number of benzene rings is 1. The van der Waals surface area contributed by atoms with Crippen LogP contribution >= 0.6 is 0 Å². The monoisotopic (exact) mass is 365 g/mol. The van der Waals surface area contributed by atoms with E-state index < -0.39 is 5.97 Å². The van der Waals surface area contributed by atoms with Gasteiger partial charge in [-0.25, -0.2) is 0 Å². The zero-order chi connectivity index (χ0) is 19.5. The molecule has 0 aliphatic rings. The molecule has 0 bridgehead atoms. The van der Waals surface area contributed by atoms with Gasteiger partial charge in [0.05, 0.1) is 0 Å². The number of carbonyl (C=O) groups is 1. The molecule has 0 radical (unpaired) electrons. The van der Waals surface area contributed by atoms with E-state index in [-0.39, 0.29) is 0 Å². The van der Waals surface area contributed by atoms with E-state index in [1.54, 1.807) is 12.1 Å². The number of unbranched alkanes of at least 4 members (excludes halogenated alkanes) is 10. The van der Waals surface area contributed by atoms with E-state index in [0.29, 0.717) is 18.7 Å². The number of nitrogens with two attached hydrogens (primary N) is 1. The number of aromatic hydroxyl groups is 1.